The van der Waals surface area contributed by atoms with E-state index < -0.39 is 0 Å². The average molecular weight is 264 g/mol. The number of hydrogen-bond acceptors (Lipinski definition) is 3. The van der Waals surface area contributed by atoms with Crippen LogP contribution in [0.15, 0.2) is 18.2 Å². The molecule has 0 spiro atoms. The molecule has 1 aromatic carbocycles. The van der Waals surface area contributed by atoms with Gasteiger partial charge in [0.05, 0.1) is 0 Å². The lowest BCUT2D eigenvalue weighted by molar-refractivity contribution is 0.643. The number of para-hydroxylation sites is 1. The molecule has 2 N–H and O–H groups in total. The Kier molecular flexibility index (Phi) is 5.88. The minimum absolute atomic E-state index is 0.995. The van der Waals surface area contributed by atoms with Crippen LogP contribution in [0.25, 0.3) is 0 Å². The van der Waals surface area contributed by atoms with Crippen LogP contribution >= 0.6 is 11.8 Å². The third kappa shape index (κ3) is 3.92. The molecule has 0 bridgehead atoms. The summed E-state index contributed by atoms with van der Waals surface area (Å²) in [6.45, 7) is 3.25. The van der Waals surface area contributed by atoms with Crippen LogP contribution in [0.4, 0.5) is 5.69 Å². The van der Waals surface area contributed by atoms with E-state index in [0.29, 0.717) is 0 Å². The molecule has 0 amide bonds. The van der Waals surface area contributed by atoms with Crippen molar-refractivity contribution in [3.05, 3.63) is 29.3 Å². The highest BCUT2D eigenvalue weighted by molar-refractivity contribution is 7.98. The van der Waals surface area contributed by atoms with Crippen LogP contribution in [0.3, 0.4) is 0 Å². The fourth-order valence-electron chi connectivity index (χ4n) is 2.45. The minimum atomic E-state index is 0.995. The SMILES string of the molecule is CSCCCCNCc1cccc2c1NCCC2. The third-order valence-corrected chi connectivity index (χ3v) is 4.13. The smallest absolute Gasteiger partial charge is 0.0418 e. The van der Waals surface area contributed by atoms with E-state index in [2.05, 4.69) is 35.1 Å². The molecule has 0 saturated carbocycles. The van der Waals surface area contributed by atoms with Crippen molar-refractivity contribution >= 4 is 17.4 Å². The van der Waals surface area contributed by atoms with Gasteiger partial charge in [0.25, 0.3) is 0 Å². The lowest BCUT2D eigenvalue weighted by Crippen LogP contribution is -2.19. The van der Waals surface area contributed by atoms with Crippen molar-refractivity contribution in [3.63, 3.8) is 0 Å². The summed E-state index contributed by atoms with van der Waals surface area (Å²) >= 11 is 1.94. The molecular formula is C15H24N2S. The van der Waals surface area contributed by atoms with Crippen LogP contribution in [0.1, 0.15) is 30.4 Å². The Hall–Kier alpha value is -0.670. The van der Waals surface area contributed by atoms with Gasteiger partial charge < -0.3 is 10.6 Å². The Bertz CT molecular complexity index is 366. The molecule has 0 atom stereocenters. The molecule has 0 saturated heterocycles. The van der Waals surface area contributed by atoms with Gasteiger partial charge in [-0.2, -0.15) is 11.8 Å². The van der Waals surface area contributed by atoms with Crippen LogP contribution in [0.5, 0.6) is 0 Å². The maximum atomic E-state index is 3.56. The molecule has 2 rings (SSSR count). The molecule has 1 aliphatic rings. The molecule has 0 radical (unpaired) electrons. The van der Waals surface area contributed by atoms with Crippen LogP contribution in [0, 0.1) is 0 Å². The zero-order chi connectivity index (χ0) is 12.6. The summed E-state index contributed by atoms with van der Waals surface area (Å²) in [7, 11) is 0. The van der Waals surface area contributed by atoms with Gasteiger partial charge in [0.1, 0.15) is 0 Å². The molecule has 0 unspecified atom stereocenters. The Labute approximate surface area is 115 Å². The van der Waals surface area contributed by atoms with Crippen molar-refractivity contribution in [2.45, 2.75) is 32.2 Å². The fraction of sp³-hybridized carbons (Fsp3) is 0.600. The maximum Gasteiger partial charge on any atom is 0.0418 e. The summed E-state index contributed by atoms with van der Waals surface area (Å²) in [5.74, 6) is 1.28. The van der Waals surface area contributed by atoms with E-state index in [9.17, 15) is 0 Å². The van der Waals surface area contributed by atoms with Gasteiger partial charge >= 0.3 is 0 Å². The molecule has 1 aromatic rings. The average Bonchev–Trinajstić information content (AvgIpc) is 2.43. The Morgan fingerprint density at radius 2 is 2.28 bits per heavy atom. The summed E-state index contributed by atoms with van der Waals surface area (Å²) in [5, 5.41) is 7.11. The normalized spacial score (nSPS) is 14.1. The van der Waals surface area contributed by atoms with E-state index in [1.807, 2.05) is 11.8 Å². The van der Waals surface area contributed by atoms with E-state index in [0.717, 1.165) is 19.6 Å². The van der Waals surface area contributed by atoms with Crippen molar-refractivity contribution in [1.82, 2.24) is 5.32 Å². The summed E-state index contributed by atoms with van der Waals surface area (Å²) in [6.07, 6.45) is 7.26. The first-order valence-corrected chi connectivity index (χ1v) is 8.35. The third-order valence-electron chi connectivity index (χ3n) is 3.43. The van der Waals surface area contributed by atoms with E-state index in [-0.39, 0.29) is 0 Å². The summed E-state index contributed by atoms with van der Waals surface area (Å²) in [4.78, 5) is 0. The molecule has 1 aliphatic heterocycles. The maximum absolute atomic E-state index is 3.56. The van der Waals surface area contributed by atoms with Gasteiger partial charge in [-0.05, 0) is 55.4 Å². The van der Waals surface area contributed by atoms with Crippen molar-refractivity contribution in [2.24, 2.45) is 0 Å². The Balaban J connectivity index is 1.79. The van der Waals surface area contributed by atoms with Crippen molar-refractivity contribution in [2.75, 3.05) is 30.4 Å². The zero-order valence-corrected chi connectivity index (χ0v) is 12.1. The highest BCUT2D eigenvalue weighted by atomic mass is 32.2. The van der Waals surface area contributed by atoms with Crippen LogP contribution in [0.2, 0.25) is 0 Å². The van der Waals surface area contributed by atoms with Gasteiger partial charge in [0, 0.05) is 18.8 Å². The first kappa shape index (κ1) is 13.8. The van der Waals surface area contributed by atoms with Gasteiger partial charge in [-0.3, -0.25) is 0 Å². The number of thioether (sulfide) groups is 1. The number of benzene rings is 1. The molecular weight excluding hydrogens is 240 g/mol. The molecule has 18 heavy (non-hydrogen) atoms. The number of hydrogen-bond donors (Lipinski definition) is 2. The first-order chi connectivity index (χ1) is 8.92. The monoisotopic (exact) mass is 264 g/mol. The molecule has 0 aliphatic carbocycles. The summed E-state index contributed by atoms with van der Waals surface area (Å²) < 4.78 is 0. The van der Waals surface area contributed by atoms with E-state index in [4.69, 9.17) is 0 Å². The molecule has 0 fully saturated rings. The van der Waals surface area contributed by atoms with Gasteiger partial charge in [0.2, 0.25) is 0 Å². The highest BCUT2D eigenvalue weighted by Gasteiger charge is 2.11. The van der Waals surface area contributed by atoms with Gasteiger partial charge in [0.15, 0.2) is 0 Å². The number of rotatable bonds is 7. The topological polar surface area (TPSA) is 24.1 Å². The molecule has 3 heteroatoms. The second-order valence-corrected chi connectivity index (χ2v) is 5.84. The van der Waals surface area contributed by atoms with Crippen LogP contribution in [-0.4, -0.2) is 25.1 Å². The lowest BCUT2D eigenvalue weighted by atomic mass is 9.99. The first-order valence-electron chi connectivity index (χ1n) is 6.96. The fourth-order valence-corrected chi connectivity index (χ4v) is 2.94. The zero-order valence-electron chi connectivity index (χ0n) is 11.3. The van der Waals surface area contributed by atoms with E-state index in [1.165, 1.54) is 48.3 Å². The van der Waals surface area contributed by atoms with Gasteiger partial charge in [-0.15, -0.1) is 0 Å². The van der Waals surface area contributed by atoms with Crippen molar-refractivity contribution in [1.29, 1.82) is 0 Å². The predicted molar refractivity (Wildman–Crippen MR) is 82.6 cm³/mol. The van der Waals surface area contributed by atoms with E-state index >= 15 is 0 Å². The molecule has 2 nitrogen and oxygen atoms in total. The number of fused-ring (bicyclic) bond motifs is 1. The quantitative estimate of drug-likeness (QED) is 0.739. The molecule has 1 heterocycles. The number of unbranched alkanes of at least 4 members (excludes halogenated alkanes) is 1. The van der Waals surface area contributed by atoms with Gasteiger partial charge in [-0.25, -0.2) is 0 Å². The summed E-state index contributed by atoms with van der Waals surface area (Å²) in [5.41, 5.74) is 4.31. The van der Waals surface area contributed by atoms with E-state index in [1.54, 1.807) is 0 Å². The largest absolute Gasteiger partial charge is 0.385 e. The number of nitrogens with one attached hydrogen (secondary N) is 2. The highest BCUT2D eigenvalue weighted by Crippen LogP contribution is 2.25. The Morgan fingerprint density at radius 3 is 3.17 bits per heavy atom. The van der Waals surface area contributed by atoms with Crippen LogP contribution < -0.4 is 10.6 Å². The standard InChI is InChI=1S/C15H24N2S/c1-18-11-3-2-9-16-12-14-7-4-6-13-8-5-10-17-15(13)14/h4,6-7,16-17H,2-3,5,8-12H2,1H3. The van der Waals surface area contributed by atoms with Crippen molar-refractivity contribution < 1.29 is 0 Å². The molecule has 100 valence electrons. The van der Waals surface area contributed by atoms with Crippen molar-refractivity contribution in [3.8, 4) is 0 Å². The molecule has 0 aromatic heterocycles. The Morgan fingerprint density at radius 1 is 1.33 bits per heavy atom. The van der Waals surface area contributed by atoms with Gasteiger partial charge in [-0.1, -0.05) is 18.2 Å². The lowest BCUT2D eigenvalue weighted by Gasteiger charge is -2.21. The predicted octanol–water partition coefficient (Wildman–Crippen LogP) is 3.28. The number of aryl methyl sites for hydroxylation is 1. The number of anilines is 1. The second-order valence-electron chi connectivity index (χ2n) is 4.86. The second kappa shape index (κ2) is 7.70. The summed E-state index contributed by atoms with van der Waals surface area (Å²) in [6, 6.07) is 6.69. The van der Waals surface area contributed by atoms with Crippen LogP contribution in [-0.2, 0) is 13.0 Å². The minimum Gasteiger partial charge on any atom is -0.385 e.